The summed E-state index contributed by atoms with van der Waals surface area (Å²) in [5.74, 6) is 1.08. The lowest BCUT2D eigenvalue weighted by molar-refractivity contribution is -0.122. The number of carbonyl (C=O) groups is 1. The Bertz CT molecular complexity index is 214. The minimum Gasteiger partial charge on any atom is -0.378 e. The highest BCUT2D eigenvalue weighted by molar-refractivity contribution is 5.81. The van der Waals surface area contributed by atoms with E-state index in [0.717, 1.165) is 19.6 Å². The van der Waals surface area contributed by atoms with Crippen molar-refractivity contribution in [2.24, 2.45) is 11.8 Å². The number of hydrogen-bond acceptors (Lipinski definition) is 3. The molecule has 4 heteroatoms. The standard InChI is InChI=1S/C10H18N2O2/c1-7-4-9(7)10(13)12-5-8-6-14-3-2-11-8/h7-9,11H,2-6H2,1H3,(H,12,13). The van der Waals surface area contributed by atoms with E-state index in [4.69, 9.17) is 4.74 Å². The van der Waals surface area contributed by atoms with Crippen molar-refractivity contribution in [2.45, 2.75) is 19.4 Å². The van der Waals surface area contributed by atoms with Gasteiger partial charge in [-0.1, -0.05) is 6.92 Å². The van der Waals surface area contributed by atoms with Crippen LogP contribution in [-0.4, -0.2) is 38.3 Å². The van der Waals surface area contributed by atoms with Gasteiger partial charge in [-0.05, 0) is 12.3 Å². The SMILES string of the molecule is CC1CC1C(=O)NCC1COCCN1. The van der Waals surface area contributed by atoms with E-state index in [1.165, 1.54) is 0 Å². The topological polar surface area (TPSA) is 50.4 Å². The Labute approximate surface area is 84.4 Å². The number of rotatable bonds is 3. The Morgan fingerprint density at radius 3 is 3.00 bits per heavy atom. The van der Waals surface area contributed by atoms with E-state index in [9.17, 15) is 4.79 Å². The van der Waals surface area contributed by atoms with Gasteiger partial charge < -0.3 is 15.4 Å². The molecule has 0 aromatic heterocycles. The predicted octanol–water partition coefficient (Wildman–Crippen LogP) is -0.253. The Morgan fingerprint density at radius 2 is 2.43 bits per heavy atom. The van der Waals surface area contributed by atoms with Gasteiger partial charge >= 0.3 is 0 Å². The highest BCUT2D eigenvalue weighted by Gasteiger charge is 2.38. The van der Waals surface area contributed by atoms with E-state index in [2.05, 4.69) is 17.6 Å². The minimum absolute atomic E-state index is 0.213. The van der Waals surface area contributed by atoms with Gasteiger partial charge in [0.15, 0.2) is 0 Å². The first-order chi connectivity index (χ1) is 6.77. The van der Waals surface area contributed by atoms with Crippen molar-refractivity contribution in [3.05, 3.63) is 0 Å². The summed E-state index contributed by atoms with van der Waals surface area (Å²) in [4.78, 5) is 11.5. The van der Waals surface area contributed by atoms with Crippen molar-refractivity contribution in [1.29, 1.82) is 0 Å². The molecule has 1 saturated carbocycles. The lowest BCUT2D eigenvalue weighted by Crippen LogP contribution is -2.48. The van der Waals surface area contributed by atoms with E-state index in [0.29, 0.717) is 25.1 Å². The van der Waals surface area contributed by atoms with Gasteiger partial charge in [-0.25, -0.2) is 0 Å². The van der Waals surface area contributed by atoms with Crippen LogP contribution in [0.15, 0.2) is 0 Å². The number of nitrogens with one attached hydrogen (secondary N) is 2. The van der Waals surface area contributed by atoms with Crippen LogP contribution in [0.3, 0.4) is 0 Å². The summed E-state index contributed by atoms with van der Waals surface area (Å²) < 4.78 is 5.30. The largest absolute Gasteiger partial charge is 0.378 e. The van der Waals surface area contributed by atoms with Gasteiger partial charge in [-0.2, -0.15) is 0 Å². The second-order valence-electron chi connectivity index (χ2n) is 4.29. The fraction of sp³-hybridized carbons (Fsp3) is 0.900. The molecule has 2 rings (SSSR count). The zero-order valence-corrected chi connectivity index (χ0v) is 8.58. The van der Waals surface area contributed by atoms with Crippen molar-refractivity contribution < 1.29 is 9.53 Å². The maximum absolute atomic E-state index is 11.5. The molecular formula is C10H18N2O2. The number of amides is 1. The fourth-order valence-corrected chi connectivity index (χ4v) is 1.79. The van der Waals surface area contributed by atoms with Crippen LogP contribution < -0.4 is 10.6 Å². The summed E-state index contributed by atoms with van der Waals surface area (Å²) >= 11 is 0. The van der Waals surface area contributed by atoms with E-state index < -0.39 is 0 Å². The third kappa shape index (κ3) is 2.45. The molecule has 0 radical (unpaired) electrons. The molecule has 2 fully saturated rings. The molecule has 1 aliphatic heterocycles. The normalized spacial score (nSPS) is 36.5. The summed E-state index contributed by atoms with van der Waals surface area (Å²) in [6.07, 6.45) is 1.06. The zero-order chi connectivity index (χ0) is 9.97. The van der Waals surface area contributed by atoms with Gasteiger partial charge in [0.05, 0.1) is 13.2 Å². The van der Waals surface area contributed by atoms with Gasteiger partial charge in [-0.15, -0.1) is 0 Å². The molecule has 1 saturated heterocycles. The third-order valence-electron chi connectivity index (χ3n) is 2.97. The Hall–Kier alpha value is -0.610. The molecule has 1 amide bonds. The molecule has 3 atom stereocenters. The maximum Gasteiger partial charge on any atom is 0.223 e. The molecule has 0 aromatic rings. The first kappa shape index (κ1) is 9.93. The molecule has 3 unspecified atom stereocenters. The molecule has 0 bridgehead atoms. The monoisotopic (exact) mass is 198 g/mol. The molecule has 2 aliphatic rings. The van der Waals surface area contributed by atoms with Crippen molar-refractivity contribution in [3.8, 4) is 0 Å². The molecule has 2 N–H and O–H groups in total. The second kappa shape index (κ2) is 4.28. The highest BCUT2D eigenvalue weighted by atomic mass is 16.5. The van der Waals surface area contributed by atoms with Gasteiger partial charge in [0.1, 0.15) is 0 Å². The number of morpholine rings is 1. The number of carbonyl (C=O) groups excluding carboxylic acids is 1. The molecule has 80 valence electrons. The van der Waals surface area contributed by atoms with Crippen molar-refractivity contribution in [1.82, 2.24) is 10.6 Å². The molecule has 0 spiro atoms. The zero-order valence-electron chi connectivity index (χ0n) is 8.58. The summed E-state index contributed by atoms with van der Waals surface area (Å²) in [5.41, 5.74) is 0. The van der Waals surface area contributed by atoms with Gasteiger partial charge in [-0.3, -0.25) is 4.79 Å². The molecule has 1 aliphatic carbocycles. The Morgan fingerprint density at radius 1 is 1.64 bits per heavy atom. The molecule has 1 heterocycles. The summed E-state index contributed by atoms with van der Waals surface area (Å²) in [5, 5.41) is 6.27. The van der Waals surface area contributed by atoms with Crippen LogP contribution in [0.4, 0.5) is 0 Å². The third-order valence-corrected chi connectivity index (χ3v) is 2.97. The van der Waals surface area contributed by atoms with Crippen molar-refractivity contribution >= 4 is 5.91 Å². The van der Waals surface area contributed by atoms with Crippen LogP contribution in [-0.2, 0) is 9.53 Å². The van der Waals surface area contributed by atoms with Crippen LogP contribution in [0.5, 0.6) is 0 Å². The molecular weight excluding hydrogens is 180 g/mol. The lowest BCUT2D eigenvalue weighted by Gasteiger charge is -2.23. The highest BCUT2D eigenvalue weighted by Crippen LogP contribution is 2.37. The smallest absolute Gasteiger partial charge is 0.223 e. The lowest BCUT2D eigenvalue weighted by atomic mass is 10.2. The van der Waals surface area contributed by atoms with E-state index in [1.807, 2.05) is 0 Å². The Balaban J connectivity index is 1.63. The molecule has 14 heavy (non-hydrogen) atoms. The average molecular weight is 198 g/mol. The second-order valence-corrected chi connectivity index (χ2v) is 4.29. The van der Waals surface area contributed by atoms with Gasteiger partial charge in [0.2, 0.25) is 5.91 Å². The van der Waals surface area contributed by atoms with E-state index in [1.54, 1.807) is 0 Å². The van der Waals surface area contributed by atoms with Gasteiger partial charge in [0.25, 0.3) is 0 Å². The number of ether oxygens (including phenoxy) is 1. The van der Waals surface area contributed by atoms with Crippen LogP contribution in [0.2, 0.25) is 0 Å². The minimum atomic E-state index is 0.213. The van der Waals surface area contributed by atoms with E-state index in [-0.39, 0.29) is 11.8 Å². The van der Waals surface area contributed by atoms with Crippen LogP contribution >= 0.6 is 0 Å². The van der Waals surface area contributed by atoms with Crippen LogP contribution in [0.1, 0.15) is 13.3 Å². The summed E-state index contributed by atoms with van der Waals surface area (Å²) in [6, 6.07) is 0.293. The predicted molar refractivity (Wildman–Crippen MR) is 52.9 cm³/mol. The van der Waals surface area contributed by atoms with Crippen molar-refractivity contribution in [2.75, 3.05) is 26.3 Å². The summed E-state index contributed by atoms with van der Waals surface area (Å²) in [6.45, 7) is 5.19. The molecule has 0 aromatic carbocycles. The quantitative estimate of drug-likeness (QED) is 0.657. The Kier molecular flexibility index (Phi) is 3.03. The van der Waals surface area contributed by atoms with Crippen molar-refractivity contribution in [3.63, 3.8) is 0 Å². The fourth-order valence-electron chi connectivity index (χ4n) is 1.79. The molecule has 4 nitrogen and oxygen atoms in total. The number of hydrogen-bond donors (Lipinski definition) is 2. The van der Waals surface area contributed by atoms with Crippen LogP contribution in [0, 0.1) is 11.8 Å². The van der Waals surface area contributed by atoms with Crippen LogP contribution in [0.25, 0.3) is 0 Å². The van der Waals surface area contributed by atoms with E-state index >= 15 is 0 Å². The first-order valence-electron chi connectivity index (χ1n) is 5.36. The first-order valence-corrected chi connectivity index (χ1v) is 5.36. The summed E-state index contributed by atoms with van der Waals surface area (Å²) in [7, 11) is 0. The van der Waals surface area contributed by atoms with Gasteiger partial charge in [0, 0.05) is 25.0 Å². The average Bonchev–Trinajstić information content (AvgIpc) is 2.94. The maximum atomic E-state index is 11.5.